The van der Waals surface area contributed by atoms with Gasteiger partial charge in [-0.05, 0) is 44.2 Å². The van der Waals surface area contributed by atoms with E-state index in [0.29, 0.717) is 38.9 Å². The van der Waals surface area contributed by atoms with Crippen molar-refractivity contribution in [2.45, 2.75) is 20.4 Å². The van der Waals surface area contributed by atoms with E-state index in [2.05, 4.69) is 10.9 Å². The maximum atomic E-state index is 12.8. The lowest BCUT2D eigenvalue weighted by atomic mass is 10.1. The number of hydrogen-bond acceptors (Lipinski definition) is 4. The number of benzene rings is 2. The Bertz CT molecular complexity index is 1260. The van der Waals surface area contributed by atoms with Gasteiger partial charge in [-0.15, -0.1) is 0 Å². The number of fused-ring (bicyclic) bond motifs is 2. The van der Waals surface area contributed by atoms with Gasteiger partial charge in [-0.3, -0.25) is 25.2 Å². The third-order valence-corrected chi connectivity index (χ3v) is 4.78. The maximum Gasteiger partial charge on any atom is 0.273 e. The Balaban J connectivity index is 1.62. The van der Waals surface area contributed by atoms with Gasteiger partial charge in [-0.2, -0.15) is 0 Å². The molecule has 7 heteroatoms. The van der Waals surface area contributed by atoms with Crippen LogP contribution >= 0.6 is 0 Å². The highest BCUT2D eigenvalue weighted by atomic mass is 16.3. The molecular formula is C22H19N3O4. The zero-order valence-corrected chi connectivity index (χ0v) is 16.0. The molecule has 0 spiro atoms. The predicted octanol–water partition coefficient (Wildman–Crippen LogP) is 2.83. The van der Waals surface area contributed by atoms with Crippen LogP contribution in [0.5, 0.6) is 0 Å². The second-order valence-electron chi connectivity index (χ2n) is 6.78. The van der Waals surface area contributed by atoms with Gasteiger partial charge in [0, 0.05) is 10.8 Å². The summed E-state index contributed by atoms with van der Waals surface area (Å²) in [4.78, 5) is 37.6. The summed E-state index contributed by atoms with van der Waals surface area (Å²) in [5.74, 6) is 0.217. The fourth-order valence-electron chi connectivity index (χ4n) is 3.48. The van der Waals surface area contributed by atoms with Crippen molar-refractivity contribution in [2.75, 3.05) is 0 Å². The minimum absolute atomic E-state index is 0.0645. The molecule has 2 aromatic carbocycles. The third kappa shape index (κ3) is 3.38. The van der Waals surface area contributed by atoms with Gasteiger partial charge in [0.1, 0.15) is 18.1 Å². The smallest absolute Gasteiger partial charge is 0.273 e. The molecule has 4 rings (SSSR count). The molecule has 0 unspecified atom stereocenters. The number of pyridine rings is 1. The van der Waals surface area contributed by atoms with Gasteiger partial charge in [0.05, 0.1) is 16.6 Å². The molecule has 2 N–H and O–H groups in total. The van der Waals surface area contributed by atoms with Gasteiger partial charge in [0.15, 0.2) is 5.43 Å². The molecule has 29 heavy (non-hydrogen) atoms. The molecule has 146 valence electrons. The number of amides is 2. The standard InChI is InChI=1S/C22H19N3O4/c1-13-11-17(14(2)29-13)22(28)24-23-20(26)12-25-18-9-5-3-7-15(18)21(27)16-8-4-6-10-19(16)25/h3-11H,12H2,1-2H3,(H,23,26)(H,24,28). The number of para-hydroxylation sites is 2. The number of hydrogen-bond donors (Lipinski definition) is 2. The Kier molecular flexibility index (Phi) is 4.64. The number of hydrazine groups is 1. The van der Waals surface area contributed by atoms with Crippen molar-refractivity contribution in [3.05, 3.63) is 81.9 Å². The van der Waals surface area contributed by atoms with Crippen LogP contribution in [-0.4, -0.2) is 16.4 Å². The van der Waals surface area contributed by atoms with Crippen LogP contribution in [0.15, 0.2) is 63.8 Å². The van der Waals surface area contributed by atoms with E-state index < -0.39 is 11.8 Å². The molecule has 0 radical (unpaired) electrons. The topological polar surface area (TPSA) is 93.3 Å². The Morgan fingerprint density at radius 3 is 2.07 bits per heavy atom. The zero-order chi connectivity index (χ0) is 20.5. The van der Waals surface area contributed by atoms with E-state index in [1.165, 1.54) is 0 Å². The summed E-state index contributed by atoms with van der Waals surface area (Å²) in [7, 11) is 0. The van der Waals surface area contributed by atoms with E-state index >= 15 is 0 Å². The summed E-state index contributed by atoms with van der Waals surface area (Å²) in [5, 5.41) is 1.07. The molecule has 4 aromatic rings. The first-order chi connectivity index (χ1) is 14.0. The van der Waals surface area contributed by atoms with Gasteiger partial charge < -0.3 is 8.98 Å². The van der Waals surface area contributed by atoms with Crippen molar-refractivity contribution in [3.63, 3.8) is 0 Å². The van der Waals surface area contributed by atoms with E-state index in [-0.39, 0.29) is 12.0 Å². The largest absolute Gasteiger partial charge is 0.466 e. The van der Waals surface area contributed by atoms with Gasteiger partial charge >= 0.3 is 0 Å². The summed E-state index contributed by atoms with van der Waals surface area (Å²) < 4.78 is 7.10. The number of aryl methyl sites for hydroxylation is 2. The molecule has 0 saturated carbocycles. The third-order valence-electron chi connectivity index (χ3n) is 4.78. The molecule has 0 atom stereocenters. The lowest BCUT2D eigenvalue weighted by Gasteiger charge is -2.15. The van der Waals surface area contributed by atoms with Gasteiger partial charge in [0.25, 0.3) is 11.8 Å². The second-order valence-corrected chi connectivity index (χ2v) is 6.78. The van der Waals surface area contributed by atoms with Gasteiger partial charge in [-0.1, -0.05) is 24.3 Å². The average Bonchev–Trinajstić information content (AvgIpc) is 3.07. The lowest BCUT2D eigenvalue weighted by Crippen LogP contribution is -2.43. The number of nitrogens with zero attached hydrogens (tertiary/aromatic N) is 1. The lowest BCUT2D eigenvalue weighted by molar-refractivity contribution is -0.122. The van der Waals surface area contributed by atoms with Crippen LogP contribution in [-0.2, 0) is 11.3 Å². The van der Waals surface area contributed by atoms with Crippen LogP contribution < -0.4 is 16.3 Å². The van der Waals surface area contributed by atoms with Crippen LogP contribution in [0.3, 0.4) is 0 Å². The first-order valence-corrected chi connectivity index (χ1v) is 9.12. The van der Waals surface area contributed by atoms with Crippen molar-refractivity contribution >= 4 is 33.6 Å². The number of nitrogens with one attached hydrogen (secondary N) is 2. The fraction of sp³-hybridized carbons (Fsp3) is 0.136. The van der Waals surface area contributed by atoms with Crippen molar-refractivity contribution in [3.8, 4) is 0 Å². The van der Waals surface area contributed by atoms with Gasteiger partial charge in [-0.25, -0.2) is 0 Å². The highest BCUT2D eigenvalue weighted by Crippen LogP contribution is 2.19. The van der Waals surface area contributed by atoms with Gasteiger partial charge in [0.2, 0.25) is 0 Å². The van der Waals surface area contributed by atoms with Crippen LogP contribution in [0.4, 0.5) is 0 Å². The molecule has 0 fully saturated rings. The molecule has 0 aliphatic rings. The van der Waals surface area contributed by atoms with E-state index in [9.17, 15) is 14.4 Å². The average molecular weight is 389 g/mol. The van der Waals surface area contributed by atoms with E-state index in [1.807, 2.05) is 12.1 Å². The summed E-state index contributed by atoms with van der Waals surface area (Å²) in [6, 6.07) is 15.9. The van der Waals surface area contributed by atoms with Crippen LogP contribution in [0, 0.1) is 13.8 Å². The molecule has 2 heterocycles. The second kappa shape index (κ2) is 7.27. The van der Waals surface area contributed by atoms with Crippen LogP contribution in [0.25, 0.3) is 21.8 Å². The predicted molar refractivity (Wildman–Crippen MR) is 110 cm³/mol. The molecule has 0 aliphatic carbocycles. The minimum Gasteiger partial charge on any atom is -0.466 e. The molecular weight excluding hydrogens is 370 g/mol. The molecule has 0 bridgehead atoms. The number of carbonyl (C=O) groups excluding carboxylic acids is 2. The number of carbonyl (C=O) groups is 2. The Morgan fingerprint density at radius 2 is 1.52 bits per heavy atom. The van der Waals surface area contributed by atoms with E-state index in [0.717, 1.165) is 0 Å². The van der Waals surface area contributed by atoms with E-state index in [4.69, 9.17) is 4.42 Å². The number of furan rings is 1. The molecule has 0 aliphatic heterocycles. The molecule has 2 aromatic heterocycles. The SMILES string of the molecule is Cc1cc(C(=O)NNC(=O)Cn2c3ccccc3c(=O)c3ccccc32)c(C)o1. The minimum atomic E-state index is -0.456. The van der Waals surface area contributed by atoms with Crippen molar-refractivity contribution < 1.29 is 14.0 Å². The number of rotatable bonds is 3. The molecule has 0 saturated heterocycles. The molecule has 7 nitrogen and oxygen atoms in total. The summed E-state index contributed by atoms with van der Waals surface area (Å²) >= 11 is 0. The highest BCUT2D eigenvalue weighted by molar-refractivity contribution is 5.97. The first-order valence-electron chi connectivity index (χ1n) is 9.12. The molecule has 2 amide bonds. The van der Waals surface area contributed by atoms with Crippen LogP contribution in [0.1, 0.15) is 21.9 Å². The maximum absolute atomic E-state index is 12.8. The van der Waals surface area contributed by atoms with Crippen molar-refractivity contribution in [1.82, 2.24) is 15.4 Å². The van der Waals surface area contributed by atoms with Crippen LogP contribution in [0.2, 0.25) is 0 Å². The zero-order valence-electron chi connectivity index (χ0n) is 16.0. The summed E-state index contributed by atoms with van der Waals surface area (Å²) in [5.41, 5.74) is 6.43. The summed E-state index contributed by atoms with van der Waals surface area (Å²) in [6.07, 6.45) is 0. The Labute approximate surface area is 165 Å². The van der Waals surface area contributed by atoms with Crippen molar-refractivity contribution in [2.24, 2.45) is 0 Å². The van der Waals surface area contributed by atoms with Crippen molar-refractivity contribution in [1.29, 1.82) is 0 Å². The quantitative estimate of drug-likeness (QED) is 0.416. The fourth-order valence-corrected chi connectivity index (χ4v) is 3.48. The highest BCUT2D eigenvalue weighted by Gasteiger charge is 2.16. The first kappa shape index (κ1) is 18.5. The summed E-state index contributed by atoms with van der Waals surface area (Å²) in [6.45, 7) is 3.36. The van der Waals surface area contributed by atoms with E-state index in [1.54, 1.807) is 60.9 Å². The normalized spacial score (nSPS) is 11.0. The monoisotopic (exact) mass is 389 g/mol. The number of aromatic nitrogens is 1. The Morgan fingerprint density at radius 1 is 0.931 bits per heavy atom. The Hall–Kier alpha value is -3.87.